The van der Waals surface area contributed by atoms with Crippen molar-refractivity contribution in [2.75, 3.05) is 19.1 Å². The fourth-order valence-corrected chi connectivity index (χ4v) is 1.64. The first kappa shape index (κ1) is 13.5. The average Bonchev–Trinajstić information content (AvgIpc) is 2.26. The summed E-state index contributed by atoms with van der Waals surface area (Å²) in [5, 5.41) is 0. The van der Waals surface area contributed by atoms with Crippen LogP contribution >= 0.6 is 0 Å². The van der Waals surface area contributed by atoms with Gasteiger partial charge in [-0.05, 0) is 17.7 Å². The Morgan fingerprint density at radius 2 is 2.12 bits per heavy atom. The second-order valence-corrected chi connectivity index (χ2v) is 5.34. The molecule has 0 radical (unpaired) electrons. The number of nitrogen functional groups attached to an aromatic ring is 1. The van der Waals surface area contributed by atoms with Crippen molar-refractivity contribution < 1.29 is 17.9 Å². The number of nitrogens with two attached hydrogens (primary N) is 1. The molecule has 1 aromatic carbocycles. The van der Waals surface area contributed by atoms with Crippen LogP contribution in [0.3, 0.4) is 0 Å². The van der Waals surface area contributed by atoms with Gasteiger partial charge in [-0.2, -0.15) is 0 Å². The molecule has 1 aromatic rings. The molecule has 0 aliphatic heterocycles. The molecular weight excluding hydrogens is 244 g/mol. The molecular formula is C10H14N2O4S. The van der Waals surface area contributed by atoms with Gasteiger partial charge in [-0.15, -0.1) is 0 Å². The summed E-state index contributed by atoms with van der Waals surface area (Å²) in [4.78, 5) is 11.3. The predicted molar refractivity (Wildman–Crippen MR) is 63.9 cm³/mol. The van der Waals surface area contributed by atoms with E-state index in [0.29, 0.717) is 11.3 Å². The highest BCUT2D eigenvalue weighted by Gasteiger charge is 2.11. The Bertz CT molecular complexity index is 525. The predicted octanol–water partition coefficient (Wildman–Crippen LogP) is 0.105. The molecule has 0 unspecified atom stereocenters. The van der Waals surface area contributed by atoms with Gasteiger partial charge in [0.05, 0.1) is 18.9 Å². The number of carbonyl (C=O) groups excluding carboxylic acids is 1. The van der Waals surface area contributed by atoms with E-state index >= 15 is 0 Å². The van der Waals surface area contributed by atoms with Crippen LogP contribution in [0.4, 0.5) is 5.69 Å². The Kier molecular flexibility index (Phi) is 4.08. The summed E-state index contributed by atoms with van der Waals surface area (Å²) < 4.78 is 28.7. The minimum Gasteiger partial charge on any atom is -0.465 e. The molecule has 0 atom stereocenters. The van der Waals surface area contributed by atoms with Crippen LogP contribution in [0.25, 0.3) is 0 Å². The standard InChI is InChI=1S/C10H14N2O4S/c1-16-10(13)8-5-7(3-4-9(8)11)6-12-17(2,14)15/h3-5,12H,6,11H2,1-2H3. The van der Waals surface area contributed by atoms with Crippen LogP contribution in [0.5, 0.6) is 0 Å². The molecule has 7 heteroatoms. The van der Waals surface area contributed by atoms with Gasteiger partial charge in [-0.1, -0.05) is 6.07 Å². The average molecular weight is 258 g/mol. The van der Waals surface area contributed by atoms with Crippen LogP contribution in [0.2, 0.25) is 0 Å². The third-order valence-electron chi connectivity index (χ3n) is 2.06. The lowest BCUT2D eigenvalue weighted by Gasteiger charge is -2.07. The van der Waals surface area contributed by atoms with Gasteiger partial charge in [0.2, 0.25) is 10.0 Å². The highest BCUT2D eigenvalue weighted by atomic mass is 32.2. The Labute approximate surface area is 99.8 Å². The Morgan fingerprint density at radius 1 is 1.47 bits per heavy atom. The van der Waals surface area contributed by atoms with Crippen molar-refractivity contribution in [2.24, 2.45) is 0 Å². The topological polar surface area (TPSA) is 98.5 Å². The zero-order valence-electron chi connectivity index (χ0n) is 9.56. The first-order valence-corrected chi connectivity index (χ1v) is 6.64. The molecule has 0 heterocycles. The molecule has 1 rings (SSSR count). The van der Waals surface area contributed by atoms with Crippen LogP contribution in [0.15, 0.2) is 18.2 Å². The number of hydrogen-bond acceptors (Lipinski definition) is 5. The smallest absolute Gasteiger partial charge is 0.339 e. The Balaban J connectivity index is 2.93. The molecule has 94 valence electrons. The van der Waals surface area contributed by atoms with Crippen LogP contribution in [0.1, 0.15) is 15.9 Å². The summed E-state index contributed by atoms with van der Waals surface area (Å²) in [5.74, 6) is -0.552. The number of carbonyl (C=O) groups is 1. The maximum Gasteiger partial charge on any atom is 0.339 e. The van der Waals surface area contributed by atoms with Crippen molar-refractivity contribution in [2.45, 2.75) is 6.54 Å². The molecule has 0 saturated carbocycles. The van der Waals surface area contributed by atoms with E-state index in [2.05, 4.69) is 9.46 Å². The fraction of sp³-hybridized carbons (Fsp3) is 0.300. The highest BCUT2D eigenvalue weighted by Crippen LogP contribution is 2.15. The summed E-state index contributed by atoms with van der Waals surface area (Å²) >= 11 is 0. The quantitative estimate of drug-likeness (QED) is 0.589. The lowest BCUT2D eigenvalue weighted by Crippen LogP contribution is -2.21. The zero-order chi connectivity index (χ0) is 13.1. The van der Waals surface area contributed by atoms with Gasteiger partial charge < -0.3 is 10.5 Å². The van der Waals surface area contributed by atoms with E-state index in [-0.39, 0.29) is 12.1 Å². The molecule has 0 aliphatic rings. The Hall–Kier alpha value is -1.60. The van der Waals surface area contributed by atoms with E-state index in [0.717, 1.165) is 6.26 Å². The lowest BCUT2D eigenvalue weighted by molar-refractivity contribution is 0.0602. The van der Waals surface area contributed by atoms with Crippen LogP contribution in [-0.4, -0.2) is 27.8 Å². The molecule has 0 aliphatic carbocycles. The number of esters is 1. The van der Waals surface area contributed by atoms with Crippen LogP contribution < -0.4 is 10.5 Å². The van der Waals surface area contributed by atoms with Gasteiger partial charge in [0.1, 0.15) is 0 Å². The number of nitrogens with one attached hydrogen (secondary N) is 1. The number of hydrogen-bond donors (Lipinski definition) is 2. The number of benzene rings is 1. The molecule has 0 saturated heterocycles. The molecule has 3 N–H and O–H groups in total. The van der Waals surface area contributed by atoms with E-state index in [1.54, 1.807) is 6.07 Å². The summed E-state index contributed by atoms with van der Waals surface area (Å²) in [6, 6.07) is 4.67. The van der Waals surface area contributed by atoms with Crippen LogP contribution in [-0.2, 0) is 21.3 Å². The van der Waals surface area contributed by atoms with E-state index in [1.807, 2.05) is 0 Å². The molecule has 0 spiro atoms. The largest absolute Gasteiger partial charge is 0.465 e. The second kappa shape index (κ2) is 5.15. The molecule has 0 fully saturated rings. The summed E-state index contributed by atoms with van der Waals surface area (Å²) in [5.41, 5.74) is 6.75. The number of sulfonamides is 1. The second-order valence-electron chi connectivity index (χ2n) is 3.51. The van der Waals surface area contributed by atoms with Crippen molar-refractivity contribution in [1.29, 1.82) is 0 Å². The van der Waals surface area contributed by atoms with Gasteiger partial charge in [0, 0.05) is 12.2 Å². The van der Waals surface area contributed by atoms with Gasteiger partial charge >= 0.3 is 5.97 Å². The van der Waals surface area contributed by atoms with Crippen molar-refractivity contribution in [3.63, 3.8) is 0 Å². The zero-order valence-corrected chi connectivity index (χ0v) is 10.4. The number of rotatable bonds is 4. The van der Waals surface area contributed by atoms with Crippen LogP contribution in [0, 0.1) is 0 Å². The van der Waals surface area contributed by atoms with E-state index in [9.17, 15) is 13.2 Å². The maximum absolute atomic E-state index is 11.3. The minimum atomic E-state index is -3.27. The lowest BCUT2D eigenvalue weighted by atomic mass is 10.1. The van der Waals surface area contributed by atoms with Crippen molar-refractivity contribution in [1.82, 2.24) is 4.72 Å². The van der Waals surface area contributed by atoms with E-state index < -0.39 is 16.0 Å². The first-order valence-electron chi connectivity index (χ1n) is 4.75. The molecule has 0 aromatic heterocycles. The normalized spacial score (nSPS) is 11.2. The van der Waals surface area contributed by atoms with Gasteiger partial charge in [0.15, 0.2) is 0 Å². The van der Waals surface area contributed by atoms with E-state index in [4.69, 9.17) is 5.73 Å². The minimum absolute atomic E-state index is 0.100. The summed E-state index contributed by atoms with van der Waals surface area (Å²) in [7, 11) is -2.02. The molecule has 17 heavy (non-hydrogen) atoms. The third-order valence-corrected chi connectivity index (χ3v) is 2.73. The number of anilines is 1. The molecule has 0 bridgehead atoms. The van der Waals surface area contributed by atoms with Crippen molar-refractivity contribution in [3.8, 4) is 0 Å². The van der Waals surface area contributed by atoms with Gasteiger partial charge in [-0.25, -0.2) is 17.9 Å². The van der Waals surface area contributed by atoms with E-state index in [1.165, 1.54) is 19.2 Å². The summed E-state index contributed by atoms with van der Waals surface area (Å²) in [6.45, 7) is 0.100. The molecule has 6 nitrogen and oxygen atoms in total. The third kappa shape index (κ3) is 4.04. The Morgan fingerprint density at radius 3 is 2.65 bits per heavy atom. The van der Waals surface area contributed by atoms with Gasteiger partial charge in [0.25, 0.3) is 0 Å². The fourth-order valence-electron chi connectivity index (χ4n) is 1.21. The van der Waals surface area contributed by atoms with Crippen molar-refractivity contribution in [3.05, 3.63) is 29.3 Å². The molecule has 0 amide bonds. The van der Waals surface area contributed by atoms with Crippen molar-refractivity contribution >= 4 is 21.7 Å². The number of ether oxygens (including phenoxy) is 1. The monoisotopic (exact) mass is 258 g/mol. The first-order chi connectivity index (χ1) is 7.83. The summed E-state index contributed by atoms with van der Waals surface area (Å²) in [6.07, 6.45) is 1.06. The highest BCUT2D eigenvalue weighted by molar-refractivity contribution is 7.88. The SMILES string of the molecule is COC(=O)c1cc(CNS(C)(=O)=O)ccc1N. The van der Waals surface area contributed by atoms with Gasteiger partial charge in [-0.3, -0.25) is 0 Å². The maximum atomic E-state index is 11.3. The number of methoxy groups -OCH3 is 1.